The maximum Gasteiger partial charge on any atom is 0.0681 e. The van der Waals surface area contributed by atoms with E-state index in [0.29, 0.717) is 0 Å². The normalized spacial score (nSPS) is 18.4. The minimum absolute atomic E-state index is 0.120. The Morgan fingerprint density at radius 2 is 1.71 bits per heavy atom. The van der Waals surface area contributed by atoms with Crippen LogP contribution >= 0.6 is 0 Å². The molecule has 24 heavy (non-hydrogen) atoms. The number of hydrogen-bond acceptors (Lipinski definition) is 3. The third kappa shape index (κ3) is 4.91. The van der Waals surface area contributed by atoms with Crippen LogP contribution < -0.4 is 0 Å². The van der Waals surface area contributed by atoms with Crippen molar-refractivity contribution in [2.45, 2.75) is 26.1 Å². The first kappa shape index (κ1) is 17.2. The molecule has 128 valence electrons. The largest absolute Gasteiger partial charge is 0.392 e. The van der Waals surface area contributed by atoms with E-state index in [1.54, 1.807) is 0 Å². The van der Waals surface area contributed by atoms with Gasteiger partial charge in [-0.1, -0.05) is 54.6 Å². The van der Waals surface area contributed by atoms with E-state index in [-0.39, 0.29) is 6.61 Å². The maximum atomic E-state index is 9.12. The average Bonchev–Trinajstić information content (AvgIpc) is 3.03. The van der Waals surface area contributed by atoms with Crippen molar-refractivity contribution in [3.63, 3.8) is 0 Å². The highest BCUT2D eigenvalue weighted by Crippen LogP contribution is 2.20. The van der Waals surface area contributed by atoms with Crippen LogP contribution in [0.5, 0.6) is 0 Å². The Kier molecular flexibility index (Phi) is 6.02. The molecule has 3 heteroatoms. The molecule has 1 unspecified atom stereocenters. The molecular weight excluding hydrogens is 296 g/mol. The van der Waals surface area contributed by atoms with Crippen molar-refractivity contribution in [3.05, 3.63) is 71.3 Å². The molecule has 0 saturated carbocycles. The Hall–Kier alpha value is -1.68. The van der Waals surface area contributed by atoms with E-state index in [2.05, 4.69) is 59.3 Å². The number of rotatable bonds is 7. The zero-order chi connectivity index (χ0) is 16.8. The SMILES string of the molecule is CN(Cc1ccc(CO)cc1)CC1CCN(Cc2ccccc2)C1. The van der Waals surface area contributed by atoms with Gasteiger partial charge in [0.05, 0.1) is 6.61 Å². The van der Waals surface area contributed by atoms with E-state index in [0.717, 1.165) is 31.1 Å². The maximum absolute atomic E-state index is 9.12. The van der Waals surface area contributed by atoms with Gasteiger partial charge in [-0.15, -0.1) is 0 Å². The fourth-order valence-electron chi connectivity index (χ4n) is 3.61. The topological polar surface area (TPSA) is 26.7 Å². The Morgan fingerprint density at radius 1 is 1.00 bits per heavy atom. The molecule has 0 aromatic heterocycles. The van der Waals surface area contributed by atoms with Gasteiger partial charge < -0.3 is 10.0 Å². The number of benzene rings is 2. The lowest BCUT2D eigenvalue weighted by Crippen LogP contribution is -2.28. The lowest BCUT2D eigenvalue weighted by Gasteiger charge is -2.22. The van der Waals surface area contributed by atoms with Gasteiger partial charge in [0, 0.05) is 26.2 Å². The highest BCUT2D eigenvalue weighted by atomic mass is 16.3. The molecule has 0 spiro atoms. The van der Waals surface area contributed by atoms with E-state index in [4.69, 9.17) is 5.11 Å². The van der Waals surface area contributed by atoms with Gasteiger partial charge in [0.1, 0.15) is 0 Å². The first-order valence-corrected chi connectivity index (χ1v) is 8.86. The lowest BCUT2D eigenvalue weighted by molar-refractivity contribution is 0.254. The van der Waals surface area contributed by atoms with Crippen molar-refractivity contribution in [1.29, 1.82) is 0 Å². The molecule has 1 aliphatic heterocycles. The van der Waals surface area contributed by atoms with Gasteiger partial charge in [-0.2, -0.15) is 0 Å². The standard InChI is InChI=1S/C21H28N2O/c1-22(13-19-7-9-20(17-24)10-8-19)14-21-11-12-23(16-21)15-18-5-3-2-4-6-18/h2-10,21,24H,11-17H2,1H3. The molecule has 3 nitrogen and oxygen atoms in total. The van der Waals surface area contributed by atoms with Gasteiger partial charge in [-0.05, 0) is 42.6 Å². The molecule has 0 bridgehead atoms. The summed E-state index contributed by atoms with van der Waals surface area (Å²) in [6.45, 7) is 5.72. The smallest absolute Gasteiger partial charge is 0.0681 e. The summed E-state index contributed by atoms with van der Waals surface area (Å²) >= 11 is 0. The van der Waals surface area contributed by atoms with Gasteiger partial charge in [0.25, 0.3) is 0 Å². The summed E-state index contributed by atoms with van der Waals surface area (Å²) in [7, 11) is 2.21. The van der Waals surface area contributed by atoms with Crippen molar-refractivity contribution in [1.82, 2.24) is 9.80 Å². The number of aliphatic hydroxyl groups excluding tert-OH is 1. The minimum atomic E-state index is 0.120. The lowest BCUT2D eigenvalue weighted by atomic mass is 10.1. The first-order valence-electron chi connectivity index (χ1n) is 8.86. The second-order valence-electron chi connectivity index (χ2n) is 7.05. The monoisotopic (exact) mass is 324 g/mol. The second kappa shape index (κ2) is 8.43. The van der Waals surface area contributed by atoms with Crippen LogP contribution in [0.2, 0.25) is 0 Å². The van der Waals surface area contributed by atoms with Crippen LogP contribution in [0.4, 0.5) is 0 Å². The molecule has 0 aliphatic carbocycles. The predicted octanol–water partition coefficient (Wildman–Crippen LogP) is 3.13. The molecule has 3 rings (SSSR count). The fourth-order valence-corrected chi connectivity index (χ4v) is 3.61. The van der Waals surface area contributed by atoms with Crippen molar-refractivity contribution >= 4 is 0 Å². The summed E-state index contributed by atoms with van der Waals surface area (Å²) in [6.07, 6.45) is 1.29. The number of likely N-dealkylation sites (tertiary alicyclic amines) is 1. The van der Waals surface area contributed by atoms with Crippen LogP contribution in [0.3, 0.4) is 0 Å². The molecule has 1 N–H and O–H groups in total. The van der Waals surface area contributed by atoms with Crippen molar-refractivity contribution in [2.24, 2.45) is 5.92 Å². The molecule has 2 aromatic carbocycles. The number of hydrogen-bond donors (Lipinski definition) is 1. The molecule has 1 heterocycles. The third-order valence-corrected chi connectivity index (χ3v) is 4.85. The molecule has 1 aliphatic rings. The van der Waals surface area contributed by atoms with Gasteiger partial charge in [-0.25, -0.2) is 0 Å². The van der Waals surface area contributed by atoms with Crippen LogP contribution in [0, 0.1) is 5.92 Å². The van der Waals surface area contributed by atoms with Crippen LogP contribution in [-0.4, -0.2) is 41.6 Å². The first-order chi connectivity index (χ1) is 11.7. The quantitative estimate of drug-likeness (QED) is 0.848. The van der Waals surface area contributed by atoms with E-state index in [1.165, 1.54) is 30.6 Å². The summed E-state index contributed by atoms with van der Waals surface area (Å²) in [5.41, 5.74) is 3.71. The summed E-state index contributed by atoms with van der Waals surface area (Å²) in [5, 5.41) is 9.12. The molecule has 2 aromatic rings. The van der Waals surface area contributed by atoms with Gasteiger partial charge in [-0.3, -0.25) is 4.90 Å². The second-order valence-corrected chi connectivity index (χ2v) is 7.05. The highest BCUT2D eigenvalue weighted by Gasteiger charge is 2.23. The Morgan fingerprint density at radius 3 is 2.42 bits per heavy atom. The molecule has 1 fully saturated rings. The molecule has 1 saturated heterocycles. The van der Waals surface area contributed by atoms with E-state index < -0.39 is 0 Å². The number of aliphatic hydroxyl groups is 1. The fraction of sp³-hybridized carbons (Fsp3) is 0.429. The van der Waals surface area contributed by atoms with Crippen LogP contribution in [0.15, 0.2) is 54.6 Å². The van der Waals surface area contributed by atoms with Crippen LogP contribution in [-0.2, 0) is 19.7 Å². The summed E-state index contributed by atoms with van der Waals surface area (Å²) < 4.78 is 0. The van der Waals surface area contributed by atoms with Crippen LogP contribution in [0.25, 0.3) is 0 Å². The third-order valence-electron chi connectivity index (χ3n) is 4.85. The minimum Gasteiger partial charge on any atom is -0.392 e. The van der Waals surface area contributed by atoms with Gasteiger partial charge >= 0.3 is 0 Å². The van der Waals surface area contributed by atoms with Crippen molar-refractivity contribution in [2.75, 3.05) is 26.7 Å². The Bertz CT molecular complexity index is 611. The highest BCUT2D eigenvalue weighted by molar-refractivity contribution is 5.21. The molecular formula is C21H28N2O. The predicted molar refractivity (Wildman–Crippen MR) is 98.5 cm³/mol. The van der Waals surface area contributed by atoms with Crippen LogP contribution in [0.1, 0.15) is 23.1 Å². The zero-order valence-electron chi connectivity index (χ0n) is 14.6. The molecule has 1 atom stereocenters. The van der Waals surface area contributed by atoms with Crippen molar-refractivity contribution < 1.29 is 5.11 Å². The summed E-state index contributed by atoms with van der Waals surface area (Å²) in [4.78, 5) is 4.99. The van der Waals surface area contributed by atoms with E-state index in [1.807, 2.05) is 12.1 Å². The van der Waals surface area contributed by atoms with Crippen molar-refractivity contribution in [3.8, 4) is 0 Å². The van der Waals surface area contributed by atoms with Gasteiger partial charge in [0.15, 0.2) is 0 Å². The van der Waals surface area contributed by atoms with E-state index in [9.17, 15) is 0 Å². The Balaban J connectivity index is 1.44. The van der Waals surface area contributed by atoms with Gasteiger partial charge in [0.2, 0.25) is 0 Å². The Labute approximate surface area is 145 Å². The van der Waals surface area contributed by atoms with E-state index >= 15 is 0 Å². The molecule has 0 radical (unpaired) electrons. The summed E-state index contributed by atoms with van der Waals surface area (Å²) in [5.74, 6) is 0.760. The zero-order valence-corrected chi connectivity index (χ0v) is 14.6. The number of nitrogens with zero attached hydrogens (tertiary/aromatic N) is 2. The summed E-state index contributed by atoms with van der Waals surface area (Å²) in [6, 6.07) is 19.0. The average molecular weight is 324 g/mol. The molecule has 0 amide bonds.